The van der Waals surface area contributed by atoms with Crippen LogP contribution in [0.5, 0.6) is 0 Å². The number of fused-ring (bicyclic) bond motifs is 1. The second-order valence-electron chi connectivity index (χ2n) is 5.73. The SMILES string of the molecule is O=C([O-])c1cc(C2CC2)c2nc(-c3ccc(Br)cc3F)cn2c1.[K+]. The van der Waals surface area contributed by atoms with E-state index in [9.17, 15) is 14.3 Å². The van der Waals surface area contributed by atoms with Crippen molar-refractivity contribution >= 4 is 27.5 Å². The van der Waals surface area contributed by atoms with E-state index in [1.807, 2.05) is 0 Å². The minimum absolute atomic E-state index is 0. The number of halogens is 2. The summed E-state index contributed by atoms with van der Waals surface area (Å²) in [5.74, 6) is -1.28. The molecule has 0 N–H and O–H groups in total. The Hall–Kier alpha value is -0.574. The molecule has 0 aliphatic heterocycles. The van der Waals surface area contributed by atoms with Crippen LogP contribution in [0.15, 0.2) is 41.1 Å². The number of rotatable bonds is 3. The third-order valence-corrected chi connectivity index (χ3v) is 4.53. The quantitative estimate of drug-likeness (QED) is 0.575. The molecule has 0 unspecified atom stereocenters. The van der Waals surface area contributed by atoms with Crippen LogP contribution in [-0.4, -0.2) is 15.4 Å². The monoisotopic (exact) mass is 412 g/mol. The summed E-state index contributed by atoms with van der Waals surface area (Å²) in [6.45, 7) is 0. The first-order valence-electron chi connectivity index (χ1n) is 7.22. The van der Waals surface area contributed by atoms with Gasteiger partial charge in [-0.2, -0.15) is 0 Å². The van der Waals surface area contributed by atoms with Crippen LogP contribution in [0.25, 0.3) is 16.9 Å². The topological polar surface area (TPSA) is 57.4 Å². The summed E-state index contributed by atoms with van der Waals surface area (Å²) < 4.78 is 16.5. The number of carbonyl (C=O) groups excluding carboxylic acids is 1. The van der Waals surface area contributed by atoms with E-state index in [2.05, 4.69) is 20.9 Å². The van der Waals surface area contributed by atoms with Crippen molar-refractivity contribution in [3.8, 4) is 11.3 Å². The molecule has 2 heterocycles. The van der Waals surface area contributed by atoms with Crippen molar-refractivity contribution in [1.29, 1.82) is 0 Å². The minimum atomic E-state index is -1.22. The zero-order valence-electron chi connectivity index (χ0n) is 12.9. The first-order chi connectivity index (χ1) is 11.0. The number of carboxylic acids is 1. The fraction of sp³-hybridized carbons (Fsp3) is 0.176. The van der Waals surface area contributed by atoms with Crippen molar-refractivity contribution in [3.05, 3.63) is 58.1 Å². The third kappa shape index (κ3) is 3.38. The van der Waals surface area contributed by atoms with Gasteiger partial charge < -0.3 is 14.3 Å². The molecule has 1 fully saturated rings. The molecule has 3 aromatic rings. The molecule has 1 aliphatic rings. The van der Waals surface area contributed by atoms with Crippen molar-refractivity contribution < 1.29 is 65.7 Å². The van der Waals surface area contributed by atoms with Gasteiger partial charge in [0, 0.05) is 28.0 Å². The van der Waals surface area contributed by atoms with E-state index in [1.165, 1.54) is 12.3 Å². The Labute approximate surface area is 188 Å². The second kappa shape index (κ2) is 6.97. The van der Waals surface area contributed by atoms with Gasteiger partial charge in [-0.05, 0) is 48.6 Å². The van der Waals surface area contributed by atoms with E-state index in [0.29, 0.717) is 27.3 Å². The summed E-state index contributed by atoms with van der Waals surface area (Å²) in [4.78, 5) is 15.7. The summed E-state index contributed by atoms with van der Waals surface area (Å²) in [6.07, 6.45) is 5.14. The number of nitrogens with zero attached hydrogens (tertiary/aromatic N) is 2. The van der Waals surface area contributed by atoms with Crippen LogP contribution in [0.4, 0.5) is 4.39 Å². The predicted octanol–water partition coefficient (Wildman–Crippen LogP) is 0.148. The maximum Gasteiger partial charge on any atom is 1.00 e. The zero-order valence-corrected chi connectivity index (χ0v) is 17.6. The number of carboxylic acid groups (broad SMARTS) is 1. The second-order valence-corrected chi connectivity index (χ2v) is 6.64. The molecule has 116 valence electrons. The first kappa shape index (κ1) is 18.2. The number of benzene rings is 1. The van der Waals surface area contributed by atoms with Gasteiger partial charge in [-0.15, -0.1) is 0 Å². The Balaban J connectivity index is 0.00000169. The third-order valence-electron chi connectivity index (χ3n) is 4.04. The number of imidazole rings is 1. The molecule has 0 spiro atoms. The largest absolute Gasteiger partial charge is 1.00 e. The minimum Gasteiger partial charge on any atom is -0.545 e. The van der Waals surface area contributed by atoms with Gasteiger partial charge >= 0.3 is 51.4 Å². The molecule has 24 heavy (non-hydrogen) atoms. The Morgan fingerprint density at radius 2 is 2.04 bits per heavy atom. The molecule has 0 bridgehead atoms. The van der Waals surface area contributed by atoms with Gasteiger partial charge in [0.25, 0.3) is 0 Å². The van der Waals surface area contributed by atoms with Crippen LogP contribution in [-0.2, 0) is 0 Å². The molecule has 0 amide bonds. The van der Waals surface area contributed by atoms with Crippen molar-refractivity contribution in [1.82, 2.24) is 9.38 Å². The van der Waals surface area contributed by atoms with E-state index in [-0.39, 0.29) is 62.8 Å². The number of pyridine rings is 1. The summed E-state index contributed by atoms with van der Waals surface area (Å²) in [6, 6.07) is 6.40. The summed E-state index contributed by atoms with van der Waals surface area (Å²) in [5, 5.41) is 11.2. The molecule has 0 radical (unpaired) electrons. The average Bonchev–Trinajstić information content (AvgIpc) is 3.25. The van der Waals surface area contributed by atoms with Crippen molar-refractivity contribution in [2.45, 2.75) is 18.8 Å². The van der Waals surface area contributed by atoms with Gasteiger partial charge in [0.05, 0.1) is 11.7 Å². The van der Waals surface area contributed by atoms with Crippen molar-refractivity contribution in [2.24, 2.45) is 0 Å². The molecular weight excluding hydrogens is 402 g/mol. The van der Waals surface area contributed by atoms with Crippen LogP contribution in [0.1, 0.15) is 34.7 Å². The molecule has 0 atom stereocenters. The van der Waals surface area contributed by atoms with E-state index < -0.39 is 5.97 Å². The number of hydrogen-bond acceptors (Lipinski definition) is 3. The smallest absolute Gasteiger partial charge is 0.545 e. The van der Waals surface area contributed by atoms with Crippen molar-refractivity contribution in [2.75, 3.05) is 0 Å². The van der Waals surface area contributed by atoms with Crippen LogP contribution < -0.4 is 56.5 Å². The summed E-state index contributed by atoms with van der Waals surface area (Å²) in [5.41, 5.74) is 2.53. The molecule has 4 rings (SSSR count). The van der Waals surface area contributed by atoms with Crippen LogP contribution in [0.2, 0.25) is 0 Å². The summed E-state index contributed by atoms with van der Waals surface area (Å²) in [7, 11) is 0. The Morgan fingerprint density at radius 3 is 2.67 bits per heavy atom. The number of aromatic nitrogens is 2. The van der Waals surface area contributed by atoms with E-state index in [0.717, 1.165) is 18.4 Å². The van der Waals surface area contributed by atoms with Crippen LogP contribution >= 0.6 is 15.9 Å². The average molecular weight is 413 g/mol. The Morgan fingerprint density at radius 1 is 1.29 bits per heavy atom. The van der Waals surface area contributed by atoms with Gasteiger partial charge in [-0.25, -0.2) is 9.37 Å². The van der Waals surface area contributed by atoms with Gasteiger partial charge in [0.2, 0.25) is 0 Å². The molecular formula is C17H11BrFKN2O2. The maximum absolute atomic E-state index is 14.2. The van der Waals surface area contributed by atoms with Gasteiger partial charge in [0.15, 0.2) is 0 Å². The molecule has 4 nitrogen and oxygen atoms in total. The first-order valence-corrected chi connectivity index (χ1v) is 8.01. The summed E-state index contributed by atoms with van der Waals surface area (Å²) >= 11 is 3.23. The van der Waals surface area contributed by atoms with E-state index in [4.69, 9.17) is 0 Å². The van der Waals surface area contributed by atoms with Crippen LogP contribution in [0, 0.1) is 5.82 Å². The standard InChI is InChI=1S/C17H12BrFN2O2.K/c18-11-3-4-12(14(19)6-11)15-8-21-7-10(17(22)23)5-13(9-1-2-9)16(21)20-15;/h3-9H,1-2H2,(H,22,23);/q;+1/p-1. The van der Waals surface area contributed by atoms with Crippen molar-refractivity contribution in [3.63, 3.8) is 0 Å². The molecule has 2 aromatic heterocycles. The van der Waals surface area contributed by atoms with Gasteiger partial charge in [0.1, 0.15) is 11.5 Å². The van der Waals surface area contributed by atoms with Gasteiger partial charge in [-0.3, -0.25) is 0 Å². The molecule has 7 heteroatoms. The predicted molar refractivity (Wildman–Crippen MR) is 84.6 cm³/mol. The maximum atomic E-state index is 14.2. The zero-order chi connectivity index (χ0) is 16.1. The number of hydrogen-bond donors (Lipinski definition) is 0. The van der Waals surface area contributed by atoms with E-state index in [1.54, 1.807) is 28.8 Å². The number of aromatic carboxylic acids is 1. The molecule has 1 aromatic carbocycles. The van der Waals surface area contributed by atoms with Gasteiger partial charge in [-0.1, -0.05) is 15.9 Å². The van der Waals surface area contributed by atoms with E-state index >= 15 is 0 Å². The van der Waals surface area contributed by atoms with Crippen LogP contribution in [0.3, 0.4) is 0 Å². The normalized spacial score (nSPS) is 13.8. The Kier molecular flexibility index (Phi) is 5.29. The molecule has 1 aliphatic carbocycles. The fourth-order valence-corrected chi connectivity index (χ4v) is 3.09. The fourth-order valence-electron chi connectivity index (χ4n) is 2.76. The number of carbonyl (C=O) groups is 1. The molecule has 1 saturated carbocycles. The molecule has 0 saturated heterocycles. The Bertz CT molecular complexity index is 953.